The first-order chi connectivity index (χ1) is 15.9. The van der Waals surface area contributed by atoms with Crippen molar-refractivity contribution in [3.63, 3.8) is 0 Å². The van der Waals surface area contributed by atoms with Crippen LogP contribution in [0.1, 0.15) is 45.7 Å². The molecule has 6 heteroatoms. The number of aliphatic hydroxyl groups excluding tert-OH is 1. The second kappa shape index (κ2) is 11.6. The summed E-state index contributed by atoms with van der Waals surface area (Å²) in [5.74, 6) is 0.378. The number of furan rings is 1. The van der Waals surface area contributed by atoms with Crippen LogP contribution in [-0.4, -0.2) is 15.9 Å². The van der Waals surface area contributed by atoms with Gasteiger partial charge in [-0.2, -0.15) is 0 Å². The third-order valence-corrected chi connectivity index (χ3v) is 5.09. The summed E-state index contributed by atoms with van der Waals surface area (Å²) in [4.78, 5) is 14.6. The van der Waals surface area contributed by atoms with Crippen LogP contribution in [0.4, 0.5) is 4.39 Å². The van der Waals surface area contributed by atoms with Gasteiger partial charge in [-0.1, -0.05) is 27.7 Å². The average molecular weight is 651 g/mol. The quantitative estimate of drug-likeness (QED) is 0.140. The van der Waals surface area contributed by atoms with Crippen LogP contribution in [0.2, 0.25) is 0 Å². The van der Waals surface area contributed by atoms with Crippen LogP contribution < -0.4 is 0 Å². The minimum atomic E-state index is -0.261. The first-order valence-corrected chi connectivity index (χ1v) is 11.0. The average Bonchev–Trinajstić information content (AvgIpc) is 3.16. The summed E-state index contributed by atoms with van der Waals surface area (Å²) < 4.78 is 19.2. The van der Waals surface area contributed by atoms with Crippen molar-refractivity contribution in [1.82, 2.24) is 4.98 Å². The SMILES string of the molecule is CC(=O)/C=C(/C)O.Cc1[c-]c(-c2cc3oc(-c4ccc(F)cc4)cc3cn2)cc(C(C)(C)C)c1.[Ir]. The Bertz CT molecular complexity index is 1340. The zero-order valence-electron chi connectivity index (χ0n) is 20.7. The van der Waals surface area contributed by atoms with Crippen LogP contribution in [0.15, 0.2) is 71.0 Å². The number of benzene rings is 2. The Morgan fingerprint density at radius 2 is 1.74 bits per heavy atom. The minimum absolute atomic E-state index is 0. The molecular formula is C29H29FIrNO3-. The Morgan fingerprint density at radius 1 is 1.09 bits per heavy atom. The van der Waals surface area contributed by atoms with Gasteiger partial charge in [0.25, 0.3) is 0 Å². The Kier molecular flexibility index (Phi) is 9.31. The van der Waals surface area contributed by atoms with E-state index in [1.807, 2.05) is 18.3 Å². The van der Waals surface area contributed by atoms with Crippen molar-refractivity contribution in [1.29, 1.82) is 0 Å². The summed E-state index contributed by atoms with van der Waals surface area (Å²) in [7, 11) is 0. The molecule has 0 fully saturated rings. The number of hydrogen-bond acceptors (Lipinski definition) is 4. The topological polar surface area (TPSA) is 63.3 Å². The summed E-state index contributed by atoms with van der Waals surface area (Å²) in [5, 5.41) is 9.28. The molecule has 4 rings (SSSR count). The number of rotatable bonds is 3. The number of hydrogen-bond donors (Lipinski definition) is 1. The molecule has 4 aromatic rings. The normalized spacial score (nSPS) is 11.5. The molecule has 1 N–H and O–H groups in total. The van der Waals surface area contributed by atoms with Crippen LogP contribution in [-0.2, 0) is 30.3 Å². The fraction of sp³-hybridized carbons (Fsp3) is 0.241. The van der Waals surface area contributed by atoms with E-state index in [9.17, 15) is 9.18 Å². The summed E-state index contributed by atoms with van der Waals surface area (Å²) in [6, 6.07) is 17.9. The fourth-order valence-corrected chi connectivity index (χ4v) is 3.42. The van der Waals surface area contributed by atoms with Crippen molar-refractivity contribution >= 4 is 16.8 Å². The van der Waals surface area contributed by atoms with Crippen molar-refractivity contribution in [2.75, 3.05) is 0 Å². The molecule has 1 radical (unpaired) electrons. The van der Waals surface area contributed by atoms with E-state index in [1.165, 1.54) is 37.6 Å². The van der Waals surface area contributed by atoms with Gasteiger partial charge in [-0.25, -0.2) is 4.39 Å². The van der Waals surface area contributed by atoms with Gasteiger partial charge in [-0.15, -0.1) is 34.9 Å². The number of carbonyl (C=O) groups is 1. The van der Waals surface area contributed by atoms with Crippen molar-refractivity contribution in [3.8, 4) is 22.6 Å². The molecule has 2 aromatic carbocycles. The Labute approximate surface area is 219 Å². The molecule has 2 heterocycles. The third kappa shape index (κ3) is 7.71. The molecule has 185 valence electrons. The molecule has 0 saturated carbocycles. The number of fused-ring (bicyclic) bond motifs is 1. The van der Waals surface area contributed by atoms with Crippen LogP contribution in [0.5, 0.6) is 0 Å². The summed E-state index contributed by atoms with van der Waals surface area (Å²) in [6.07, 6.45) is 2.98. The second-order valence-electron chi connectivity index (χ2n) is 9.34. The smallest absolute Gasteiger partial charge is 0.155 e. The van der Waals surface area contributed by atoms with Crippen molar-refractivity contribution < 1.29 is 38.8 Å². The van der Waals surface area contributed by atoms with E-state index in [0.717, 1.165) is 33.4 Å². The molecule has 0 bridgehead atoms. The fourth-order valence-electron chi connectivity index (χ4n) is 3.42. The largest absolute Gasteiger partial charge is 0.512 e. The second-order valence-corrected chi connectivity index (χ2v) is 9.34. The van der Waals surface area contributed by atoms with Gasteiger partial charge < -0.3 is 14.5 Å². The Hall–Kier alpha value is -3.08. The molecule has 0 spiro atoms. The van der Waals surface area contributed by atoms with E-state index < -0.39 is 0 Å². The van der Waals surface area contributed by atoms with E-state index >= 15 is 0 Å². The predicted octanol–water partition coefficient (Wildman–Crippen LogP) is 7.74. The zero-order chi connectivity index (χ0) is 25.0. The number of ketones is 1. The standard InChI is InChI=1S/C24H21FNO.C5H8O2.Ir/c1-15-9-17(11-19(10-15)24(2,3)4)21-13-23-18(14-26-21)12-22(27-23)16-5-7-20(25)8-6-16;1-4(6)3-5(2)7;/h5-8,10-14H,1-4H3;3,6H,1-2H3;/q-1;;/b;4-3-;. The summed E-state index contributed by atoms with van der Waals surface area (Å²) >= 11 is 0. The maximum atomic E-state index is 13.2. The van der Waals surface area contributed by atoms with Crippen molar-refractivity contribution in [3.05, 3.63) is 89.6 Å². The minimum Gasteiger partial charge on any atom is -0.512 e. The number of pyridine rings is 1. The zero-order valence-corrected chi connectivity index (χ0v) is 23.1. The maximum absolute atomic E-state index is 13.2. The number of carbonyl (C=O) groups excluding carboxylic acids is 1. The molecule has 0 saturated heterocycles. The molecule has 2 aromatic heterocycles. The number of halogens is 1. The van der Waals surface area contributed by atoms with E-state index in [0.29, 0.717) is 5.76 Å². The molecule has 0 aliphatic rings. The van der Waals surface area contributed by atoms with E-state index in [4.69, 9.17) is 9.52 Å². The first kappa shape index (κ1) is 28.2. The molecule has 0 atom stereocenters. The summed E-state index contributed by atoms with van der Waals surface area (Å²) in [6.45, 7) is 11.5. The van der Waals surface area contributed by atoms with E-state index in [2.05, 4.69) is 50.9 Å². The molecule has 0 aliphatic carbocycles. The van der Waals surface area contributed by atoms with E-state index in [1.54, 1.807) is 12.1 Å². The van der Waals surface area contributed by atoms with Crippen LogP contribution in [0.3, 0.4) is 0 Å². The first-order valence-electron chi connectivity index (χ1n) is 11.0. The van der Waals surface area contributed by atoms with Gasteiger partial charge in [0.1, 0.15) is 17.2 Å². The number of nitrogens with zero attached hydrogens (tertiary/aromatic N) is 1. The monoisotopic (exact) mass is 651 g/mol. The molecule has 0 aliphatic heterocycles. The van der Waals surface area contributed by atoms with Gasteiger partial charge in [0.2, 0.25) is 0 Å². The van der Waals surface area contributed by atoms with Crippen molar-refractivity contribution in [2.45, 2.75) is 47.0 Å². The Morgan fingerprint density at radius 3 is 2.29 bits per heavy atom. The number of aromatic nitrogens is 1. The van der Waals surface area contributed by atoms with Gasteiger partial charge in [0, 0.05) is 43.3 Å². The van der Waals surface area contributed by atoms with Gasteiger partial charge in [0.15, 0.2) is 5.78 Å². The third-order valence-electron chi connectivity index (χ3n) is 5.09. The molecule has 35 heavy (non-hydrogen) atoms. The molecule has 4 nitrogen and oxygen atoms in total. The van der Waals surface area contributed by atoms with E-state index in [-0.39, 0.29) is 42.9 Å². The van der Waals surface area contributed by atoms with Crippen LogP contribution in [0.25, 0.3) is 33.6 Å². The predicted molar refractivity (Wildman–Crippen MR) is 134 cm³/mol. The number of aryl methyl sites for hydroxylation is 1. The molecule has 0 unspecified atom stereocenters. The van der Waals surface area contributed by atoms with Gasteiger partial charge in [-0.3, -0.25) is 4.79 Å². The maximum Gasteiger partial charge on any atom is 0.155 e. The van der Waals surface area contributed by atoms with Gasteiger partial charge in [0.05, 0.1) is 5.76 Å². The van der Waals surface area contributed by atoms with Gasteiger partial charge >= 0.3 is 0 Å². The number of aliphatic hydroxyl groups is 1. The van der Waals surface area contributed by atoms with Crippen LogP contribution in [0, 0.1) is 18.8 Å². The molecule has 0 amide bonds. The van der Waals surface area contributed by atoms with Crippen LogP contribution >= 0.6 is 0 Å². The molecular weight excluding hydrogens is 622 g/mol. The number of allylic oxidation sites excluding steroid dienone is 2. The summed E-state index contributed by atoms with van der Waals surface area (Å²) in [5.41, 5.74) is 5.78. The van der Waals surface area contributed by atoms with Crippen molar-refractivity contribution in [2.24, 2.45) is 0 Å². The van der Waals surface area contributed by atoms with Gasteiger partial charge in [-0.05, 0) is 61.4 Å². The Balaban J connectivity index is 0.000000476.